The number of nitrogens with two attached hydrogens (primary N) is 1. The summed E-state index contributed by atoms with van der Waals surface area (Å²) in [5.41, 5.74) is 7.54. The molecule has 6 heteroatoms. The number of hydrogen-bond acceptors (Lipinski definition) is 4. The van der Waals surface area contributed by atoms with Gasteiger partial charge in [0.15, 0.2) is 9.84 Å². The van der Waals surface area contributed by atoms with Crippen molar-refractivity contribution in [1.29, 1.82) is 0 Å². The zero-order valence-electron chi connectivity index (χ0n) is 11.8. The summed E-state index contributed by atoms with van der Waals surface area (Å²) in [7, 11) is -1.09. The Bertz CT molecular complexity index is 505. The highest BCUT2D eigenvalue weighted by Crippen LogP contribution is 2.14. The molecule has 1 aromatic carbocycles. The van der Waals surface area contributed by atoms with Gasteiger partial charge in [-0.25, -0.2) is 8.42 Å². The Morgan fingerprint density at radius 1 is 1.32 bits per heavy atom. The highest BCUT2D eigenvalue weighted by atomic mass is 35.5. The minimum absolute atomic E-state index is 0. The lowest BCUT2D eigenvalue weighted by molar-refractivity contribution is 0.245. The number of halogens is 1. The molecule has 0 spiro atoms. The van der Waals surface area contributed by atoms with E-state index in [0.717, 1.165) is 11.3 Å². The van der Waals surface area contributed by atoms with E-state index in [1.54, 1.807) is 6.92 Å². The molecule has 0 fully saturated rings. The van der Waals surface area contributed by atoms with Crippen LogP contribution in [0.3, 0.4) is 0 Å². The molecular formula is C13H23ClN2O2S. The van der Waals surface area contributed by atoms with E-state index in [-0.39, 0.29) is 23.7 Å². The van der Waals surface area contributed by atoms with Gasteiger partial charge in [0.25, 0.3) is 0 Å². The van der Waals surface area contributed by atoms with E-state index in [1.165, 1.54) is 6.26 Å². The molecule has 0 aliphatic heterocycles. The third-order valence-corrected chi connectivity index (χ3v) is 5.18. The highest BCUT2D eigenvalue weighted by molar-refractivity contribution is 7.91. The second-order valence-electron chi connectivity index (χ2n) is 4.94. The van der Waals surface area contributed by atoms with E-state index in [1.807, 2.05) is 43.1 Å². The molecule has 2 N–H and O–H groups in total. The summed E-state index contributed by atoms with van der Waals surface area (Å²) >= 11 is 0. The summed E-state index contributed by atoms with van der Waals surface area (Å²) in [6.07, 6.45) is 1.28. The Hall–Kier alpha value is -0.780. The standard InChI is InChI=1S/C13H22N2O2S.ClH/c1-10(11(2)18(4,16)17)15(3)9-12-6-5-7-13(14)8-12;/h5-8,10-11H,9,14H2,1-4H3;1H. The van der Waals surface area contributed by atoms with Crippen molar-refractivity contribution in [1.82, 2.24) is 4.90 Å². The van der Waals surface area contributed by atoms with Gasteiger partial charge in [-0.1, -0.05) is 12.1 Å². The molecule has 0 aliphatic rings. The van der Waals surface area contributed by atoms with Gasteiger partial charge in [0.2, 0.25) is 0 Å². The molecule has 0 heterocycles. The molecule has 0 aliphatic carbocycles. The summed E-state index contributed by atoms with van der Waals surface area (Å²) in [6, 6.07) is 7.61. The minimum Gasteiger partial charge on any atom is -0.399 e. The largest absolute Gasteiger partial charge is 0.399 e. The van der Waals surface area contributed by atoms with Crippen molar-refractivity contribution in [3.8, 4) is 0 Å². The number of nitrogen functional groups attached to an aromatic ring is 1. The third kappa shape index (κ3) is 5.38. The van der Waals surface area contributed by atoms with Gasteiger partial charge < -0.3 is 5.73 Å². The fourth-order valence-corrected chi connectivity index (χ4v) is 2.76. The highest BCUT2D eigenvalue weighted by Gasteiger charge is 2.25. The minimum atomic E-state index is -3.01. The second kappa shape index (κ2) is 7.12. The molecule has 2 unspecified atom stereocenters. The predicted molar refractivity (Wildman–Crippen MR) is 83.3 cm³/mol. The maximum atomic E-state index is 11.5. The lowest BCUT2D eigenvalue weighted by atomic mass is 10.1. The molecular weight excluding hydrogens is 284 g/mol. The Morgan fingerprint density at radius 3 is 2.37 bits per heavy atom. The number of anilines is 1. The Kier molecular flexibility index (Phi) is 6.83. The van der Waals surface area contributed by atoms with E-state index < -0.39 is 9.84 Å². The van der Waals surface area contributed by atoms with Crippen LogP contribution >= 0.6 is 12.4 Å². The first kappa shape index (κ1) is 18.2. The van der Waals surface area contributed by atoms with Crippen molar-refractivity contribution in [3.63, 3.8) is 0 Å². The monoisotopic (exact) mass is 306 g/mol. The molecule has 1 aromatic rings. The van der Waals surface area contributed by atoms with Crippen LogP contribution < -0.4 is 5.73 Å². The number of nitrogens with zero attached hydrogens (tertiary/aromatic N) is 1. The molecule has 4 nitrogen and oxygen atoms in total. The summed E-state index contributed by atoms with van der Waals surface area (Å²) < 4.78 is 23.1. The first-order chi connectivity index (χ1) is 8.21. The molecule has 0 saturated carbocycles. The van der Waals surface area contributed by atoms with Gasteiger partial charge in [-0.15, -0.1) is 12.4 Å². The van der Waals surface area contributed by atoms with Gasteiger partial charge in [0.1, 0.15) is 0 Å². The van der Waals surface area contributed by atoms with Crippen LogP contribution in [0.4, 0.5) is 5.69 Å². The van der Waals surface area contributed by atoms with Gasteiger partial charge >= 0.3 is 0 Å². The van der Waals surface area contributed by atoms with Crippen LogP contribution in [0.2, 0.25) is 0 Å². The fourth-order valence-electron chi connectivity index (χ4n) is 1.84. The van der Waals surface area contributed by atoms with Gasteiger partial charge in [-0.2, -0.15) is 0 Å². The summed E-state index contributed by atoms with van der Waals surface area (Å²) in [6.45, 7) is 4.36. The second-order valence-corrected chi connectivity index (χ2v) is 7.34. The zero-order chi connectivity index (χ0) is 13.9. The average Bonchev–Trinajstić information content (AvgIpc) is 2.25. The summed E-state index contributed by atoms with van der Waals surface area (Å²) in [5.74, 6) is 0. The van der Waals surface area contributed by atoms with E-state index in [2.05, 4.69) is 0 Å². The van der Waals surface area contributed by atoms with Gasteiger partial charge in [0.05, 0.1) is 5.25 Å². The molecule has 0 saturated heterocycles. The van der Waals surface area contributed by atoms with Crippen LogP contribution in [0.15, 0.2) is 24.3 Å². The summed E-state index contributed by atoms with van der Waals surface area (Å²) in [5, 5.41) is -0.386. The number of benzene rings is 1. The molecule has 1 rings (SSSR count). The molecule has 0 bridgehead atoms. The number of hydrogen-bond donors (Lipinski definition) is 1. The van der Waals surface area contributed by atoms with E-state index in [9.17, 15) is 8.42 Å². The van der Waals surface area contributed by atoms with E-state index in [0.29, 0.717) is 6.54 Å². The topological polar surface area (TPSA) is 63.4 Å². The van der Waals surface area contributed by atoms with Crippen LogP contribution in [0.5, 0.6) is 0 Å². The van der Waals surface area contributed by atoms with Crippen LogP contribution in [0.25, 0.3) is 0 Å². The molecule has 2 atom stereocenters. The first-order valence-corrected chi connectivity index (χ1v) is 7.91. The quantitative estimate of drug-likeness (QED) is 0.845. The summed E-state index contributed by atoms with van der Waals surface area (Å²) in [4.78, 5) is 2.03. The van der Waals surface area contributed by atoms with Crippen molar-refractivity contribution in [3.05, 3.63) is 29.8 Å². The van der Waals surface area contributed by atoms with Gasteiger partial charge in [-0.3, -0.25) is 4.90 Å². The van der Waals surface area contributed by atoms with Crippen molar-refractivity contribution >= 4 is 27.9 Å². The Labute approximate surface area is 122 Å². The fraction of sp³-hybridized carbons (Fsp3) is 0.538. The van der Waals surface area contributed by atoms with Gasteiger partial charge in [0, 0.05) is 24.5 Å². The van der Waals surface area contributed by atoms with Crippen LogP contribution in [0, 0.1) is 0 Å². The van der Waals surface area contributed by atoms with Crippen LogP contribution in [0.1, 0.15) is 19.4 Å². The number of sulfone groups is 1. The Morgan fingerprint density at radius 2 is 1.89 bits per heavy atom. The number of rotatable bonds is 5. The maximum absolute atomic E-state index is 11.5. The normalized spacial score (nSPS) is 14.8. The van der Waals surface area contributed by atoms with Crippen molar-refractivity contribution in [2.45, 2.75) is 31.7 Å². The Balaban J connectivity index is 0.00000324. The van der Waals surface area contributed by atoms with Crippen LogP contribution in [-0.4, -0.2) is 37.9 Å². The molecule has 19 heavy (non-hydrogen) atoms. The molecule has 0 radical (unpaired) electrons. The molecule has 110 valence electrons. The maximum Gasteiger partial charge on any atom is 0.151 e. The SMILES string of the molecule is CC(C(C)S(C)(=O)=O)N(C)Cc1cccc(N)c1.Cl. The molecule has 0 aromatic heterocycles. The van der Waals surface area contributed by atoms with Crippen molar-refractivity contribution < 1.29 is 8.42 Å². The molecule has 0 amide bonds. The predicted octanol–water partition coefficient (Wildman–Crippen LogP) is 1.94. The van der Waals surface area contributed by atoms with Crippen LogP contribution in [-0.2, 0) is 16.4 Å². The van der Waals surface area contributed by atoms with E-state index >= 15 is 0 Å². The van der Waals surface area contributed by atoms with Gasteiger partial charge in [-0.05, 0) is 38.6 Å². The lowest BCUT2D eigenvalue weighted by Crippen LogP contribution is -2.40. The van der Waals surface area contributed by atoms with Crippen molar-refractivity contribution in [2.24, 2.45) is 0 Å². The van der Waals surface area contributed by atoms with E-state index in [4.69, 9.17) is 5.73 Å². The first-order valence-electron chi connectivity index (χ1n) is 5.95. The lowest BCUT2D eigenvalue weighted by Gasteiger charge is -2.28. The zero-order valence-corrected chi connectivity index (χ0v) is 13.5. The smallest absolute Gasteiger partial charge is 0.151 e. The van der Waals surface area contributed by atoms with Crippen molar-refractivity contribution in [2.75, 3.05) is 19.0 Å². The third-order valence-electron chi connectivity index (χ3n) is 3.43. The average molecular weight is 307 g/mol.